The number of hydrogen-bond donors (Lipinski definition) is 0. The molecule has 0 aromatic carbocycles. The molecule has 0 spiro atoms. The van der Waals surface area contributed by atoms with Crippen molar-refractivity contribution >= 4 is 11.8 Å². The number of carbonyl (C=O) groups is 2. The Kier molecular flexibility index (Phi) is 6.80. The van der Waals surface area contributed by atoms with Crippen molar-refractivity contribution in [3.8, 4) is 0 Å². The van der Waals surface area contributed by atoms with E-state index in [0.717, 1.165) is 52.1 Å². The van der Waals surface area contributed by atoms with Gasteiger partial charge in [-0.2, -0.15) is 0 Å². The van der Waals surface area contributed by atoms with E-state index in [1.165, 1.54) is 38.8 Å². The highest BCUT2D eigenvalue weighted by Gasteiger charge is 2.48. The van der Waals surface area contributed by atoms with Crippen LogP contribution >= 0.6 is 0 Å². The van der Waals surface area contributed by atoms with E-state index in [9.17, 15) is 9.59 Å². The van der Waals surface area contributed by atoms with Gasteiger partial charge in [0.25, 0.3) is 0 Å². The standard InChI is InChI=1S/C23H40N4O2/c1-3-24-13-15-25(16-14-24)22(29)10-4-9-21-20-8-6-12-26-11-5-7-19(23(20)26)17-27(21)18(2)28/h19-21,23H,3-17H2,1-2H3/t19-,20+,21+,23-/m0/s1. The molecule has 6 nitrogen and oxygen atoms in total. The third-order valence-electron chi connectivity index (χ3n) is 8.14. The van der Waals surface area contributed by atoms with Gasteiger partial charge >= 0.3 is 0 Å². The summed E-state index contributed by atoms with van der Waals surface area (Å²) in [4.78, 5) is 34.6. The minimum Gasteiger partial charge on any atom is -0.340 e. The van der Waals surface area contributed by atoms with Crippen molar-refractivity contribution < 1.29 is 9.59 Å². The average molecular weight is 405 g/mol. The molecule has 0 aliphatic carbocycles. The van der Waals surface area contributed by atoms with Gasteiger partial charge in [0.05, 0.1) is 0 Å². The first-order valence-electron chi connectivity index (χ1n) is 12.1. The van der Waals surface area contributed by atoms with Crippen molar-refractivity contribution in [1.29, 1.82) is 0 Å². The Balaban J connectivity index is 1.35. The number of hydrogen-bond acceptors (Lipinski definition) is 4. The van der Waals surface area contributed by atoms with Crippen LogP contribution in [0.15, 0.2) is 0 Å². The first-order valence-corrected chi connectivity index (χ1v) is 12.1. The van der Waals surface area contributed by atoms with Gasteiger partial charge in [-0.05, 0) is 70.0 Å². The number of carbonyl (C=O) groups excluding carboxylic acids is 2. The molecular formula is C23H40N4O2. The average Bonchev–Trinajstić information content (AvgIpc) is 2.75. The van der Waals surface area contributed by atoms with Crippen LogP contribution in [0.5, 0.6) is 0 Å². The Morgan fingerprint density at radius 2 is 1.69 bits per heavy atom. The van der Waals surface area contributed by atoms with Crippen molar-refractivity contribution in [3.63, 3.8) is 0 Å². The molecule has 0 unspecified atom stereocenters. The molecule has 0 aromatic heterocycles. The Hall–Kier alpha value is -1.14. The highest BCUT2D eigenvalue weighted by Crippen LogP contribution is 2.43. The Bertz CT molecular complexity index is 587. The minimum atomic E-state index is 0.234. The normalized spacial score (nSPS) is 33.4. The summed E-state index contributed by atoms with van der Waals surface area (Å²) in [5, 5.41) is 0. The maximum absolute atomic E-state index is 12.7. The SMILES string of the molecule is CCN1CCN(C(=O)CCC[C@@H]2[C@H]3CCCN4CCC[C@@H](CN2C(C)=O)[C@@H]34)CC1. The predicted molar refractivity (Wildman–Crippen MR) is 115 cm³/mol. The zero-order chi connectivity index (χ0) is 20.4. The van der Waals surface area contributed by atoms with Crippen LogP contribution in [0.1, 0.15) is 58.8 Å². The molecule has 4 saturated heterocycles. The summed E-state index contributed by atoms with van der Waals surface area (Å²) in [6.45, 7) is 12.2. The Morgan fingerprint density at radius 3 is 2.38 bits per heavy atom. The lowest BCUT2D eigenvalue weighted by atomic mass is 9.69. The Morgan fingerprint density at radius 1 is 0.966 bits per heavy atom. The molecule has 4 fully saturated rings. The van der Waals surface area contributed by atoms with Crippen LogP contribution < -0.4 is 0 Å². The molecule has 0 saturated carbocycles. The lowest BCUT2D eigenvalue weighted by molar-refractivity contribution is -0.144. The quantitative estimate of drug-likeness (QED) is 0.704. The van der Waals surface area contributed by atoms with Gasteiger partial charge in [-0.25, -0.2) is 0 Å². The van der Waals surface area contributed by atoms with Crippen LogP contribution in [0.25, 0.3) is 0 Å². The van der Waals surface area contributed by atoms with Gasteiger partial charge in [0, 0.05) is 58.2 Å². The van der Waals surface area contributed by atoms with E-state index in [1.807, 2.05) is 0 Å². The second kappa shape index (κ2) is 9.34. The number of likely N-dealkylation sites (tertiary alicyclic amines) is 1. The molecule has 2 amide bonds. The van der Waals surface area contributed by atoms with Gasteiger partial charge in [0.2, 0.25) is 11.8 Å². The van der Waals surface area contributed by atoms with Crippen LogP contribution in [0.3, 0.4) is 0 Å². The van der Waals surface area contributed by atoms with Crippen molar-refractivity contribution in [2.75, 3.05) is 52.4 Å². The number of rotatable bonds is 5. The molecule has 29 heavy (non-hydrogen) atoms. The zero-order valence-corrected chi connectivity index (χ0v) is 18.5. The molecule has 4 aliphatic rings. The zero-order valence-electron chi connectivity index (χ0n) is 18.5. The number of piperidine rings is 3. The number of amides is 2. The van der Waals surface area contributed by atoms with Crippen molar-refractivity contribution in [3.05, 3.63) is 0 Å². The third-order valence-corrected chi connectivity index (χ3v) is 8.14. The summed E-state index contributed by atoms with van der Waals surface area (Å²) in [5.41, 5.74) is 0. The van der Waals surface area contributed by atoms with Gasteiger partial charge in [0.1, 0.15) is 0 Å². The third kappa shape index (κ3) is 4.48. The van der Waals surface area contributed by atoms with Crippen LogP contribution in [-0.2, 0) is 9.59 Å². The molecule has 4 atom stereocenters. The topological polar surface area (TPSA) is 47.1 Å². The molecule has 4 heterocycles. The van der Waals surface area contributed by atoms with Crippen LogP contribution in [0.2, 0.25) is 0 Å². The van der Waals surface area contributed by atoms with E-state index in [1.54, 1.807) is 6.92 Å². The first kappa shape index (κ1) is 21.1. The van der Waals surface area contributed by atoms with Crippen LogP contribution in [0, 0.1) is 11.8 Å². The first-order chi connectivity index (χ1) is 14.1. The van der Waals surface area contributed by atoms with Crippen molar-refractivity contribution in [1.82, 2.24) is 19.6 Å². The number of piperazine rings is 1. The Labute approximate surface area is 176 Å². The maximum atomic E-state index is 12.7. The fourth-order valence-electron chi connectivity index (χ4n) is 6.66. The number of nitrogens with zero attached hydrogens (tertiary/aromatic N) is 4. The van der Waals surface area contributed by atoms with Crippen molar-refractivity contribution in [2.45, 2.75) is 70.9 Å². The van der Waals surface area contributed by atoms with Gasteiger partial charge in [0.15, 0.2) is 0 Å². The van der Waals surface area contributed by atoms with Gasteiger partial charge < -0.3 is 14.7 Å². The van der Waals surface area contributed by atoms with Gasteiger partial charge in [-0.15, -0.1) is 0 Å². The minimum absolute atomic E-state index is 0.234. The van der Waals surface area contributed by atoms with Gasteiger partial charge in [-0.3, -0.25) is 14.5 Å². The largest absolute Gasteiger partial charge is 0.340 e. The highest BCUT2D eigenvalue weighted by molar-refractivity contribution is 5.76. The van der Waals surface area contributed by atoms with Crippen LogP contribution in [-0.4, -0.2) is 95.9 Å². The molecule has 0 radical (unpaired) electrons. The summed E-state index contributed by atoms with van der Waals surface area (Å²) in [5.74, 6) is 1.81. The second-order valence-electron chi connectivity index (χ2n) is 9.68. The number of likely N-dealkylation sites (N-methyl/N-ethyl adjacent to an activating group) is 1. The van der Waals surface area contributed by atoms with E-state index in [2.05, 4.69) is 26.5 Å². The summed E-state index contributed by atoms with van der Waals surface area (Å²) in [6.07, 6.45) is 7.60. The predicted octanol–water partition coefficient (Wildman–Crippen LogP) is 2.04. The molecule has 0 N–H and O–H groups in total. The van der Waals surface area contributed by atoms with Crippen LogP contribution in [0.4, 0.5) is 0 Å². The fourth-order valence-corrected chi connectivity index (χ4v) is 6.66. The van der Waals surface area contributed by atoms with E-state index >= 15 is 0 Å². The highest BCUT2D eigenvalue weighted by atomic mass is 16.2. The van der Waals surface area contributed by atoms with E-state index in [0.29, 0.717) is 36.2 Å². The molecular weight excluding hydrogens is 364 g/mol. The molecule has 164 valence electrons. The second-order valence-corrected chi connectivity index (χ2v) is 9.68. The lowest BCUT2D eigenvalue weighted by Gasteiger charge is -2.57. The van der Waals surface area contributed by atoms with E-state index in [4.69, 9.17) is 0 Å². The van der Waals surface area contributed by atoms with E-state index < -0.39 is 0 Å². The maximum Gasteiger partial charge on any atom is 0.222 e. The molecule has 4 aliphatic heterocycles. The van der Waals surface area contributed by atoms with Crippen molar-refractivity contribution in [2.24, 2.45) is 11.8 Å². The summed E-state index contributed by atoms with van der Waals surface area (Å²) < 4.78 is 0. The molecule has 0 bridgehead atoms. The van der Waals surface area contributed by atoms with E-state index in [-0.39, 0.29) is 5.91 Å². The summed E-state index contributed by atoms with van der Waals surface area (Å²) >= 11 is 0. The monoisotopic (exact) mass is 404 g/mol. The molecule has 6 heteroatoms. The van der Waals surface area contributed by atoms with Gasteiger partial charge in [-0.1, -0.05) is 6.92 Å². The fraction of sp³-hybridized carbons (Fsp3) is 0.913. The summed E-state index contributed by atoms with van der Waals surface area (Å²) in [7, 11) is 0. The smallest absolute Gasteiger partial charge is 0.222 e. The molecule has 0 aromatic rings. The lowest BCUT2D eigenvalue weighted by Crippen LogP contribution is -2.65. The molecule has 4 rings (SSSR count). The summed E-state index contributed by atoms with van der Waals surface area (Å²) in [6, 6.07) is 1.01.